The highest BCUT2D eigenvalue weighted by Gasteiger charge is 2.50. The number of fused-ring (bicyclic) bond motifs is 1. The smallest absolute Gasteiger partial charge is 0.322 e. The van der Waals surface area contributed by atoms with E-state index in [1.807, 2.05) is 24.3 Å². The summed E-state index contributed by atoms with van der Waals surface area (Å²) in [5.41, 5.74) is 0.791. The summed E-state index contributed by atoms with van der Waals surface area (Å²) < 4.78 is 5.01. The van der Waals surface area contributed by atoms with Crippen molar-refractivity contribution >= 4 is 11.8 Å². The summed E-state index contributed by atoms with van der Waals surface area (Å²) in [6.07, 6.45) is 0.681. The van der Waals surface area contributed by atoms with Gasteiger partial charge >= 0.3 is 5.97 Å². The van der Waals surface area contributed by atoms with Gasteiger partial charge in [0.05, 0.1) is 0 Å². The molecule has 4 heteroatoms. The summed E-state index contributed by atoms with van der Waals surface area (Å²) in [4.78, 5) is 24.3. The highest BCUT2D eigenvalue weighted by Crippen LogP contribution is 2.39. The number of Topliss-reactive ketones (excluding diaryl/α,β-unsaturated/α-hetero) is 1. The number of esters is 1. The van der Waals surface area contributed by atoms with Crippen molar-refractivity contribution in [2.45, 2.75) is 39.4 Å². The molecule has 0 bridgehead atoms. The first-order valence-electron chi connectivity index (χ1n) is 6.28. The van der Waals surface area contributed by atoms with Crippen LogP contribution >= 0.6 is 0 Å². The third kappa shape index (κ3) is 2.54. The molecule has 0 heterocycles. The van der Waals surface area contributed by atoms with Crippen LogP contribution < -0.4 is 0 Å². The lowest BCUT2D eigenvalue weighted by molar-refractivity contribution is -0.205. The van der Waals surface area contributed by atoms with Gasteiger partial charge in [-0.05, 0) is 30.9 Å². The second kappa shape index (κ2) is 4.46. The Hall–Kier alpha value is -1.68. The average Bonchev–Trinajstić information content (AvgIpc) is 2.67. The molecule has 2 rings (SSSR count). The molecule has 1 aliphatic carbocycles. The first kappa shape index (κ1) is 13.7. The Morgan fingerprint density at radius 2 is 1.68 bits per heavy atom. The lowest BCUT2D eigenvalue weighted by Crippen LogP contribution is -2.44. The number of ketones is 1. The van der Waals surface area contributed by atoms with Gasteiger partial charge in [-0.2, -0.15) is 0 Å². The molecular weight excluding hydrogens is 244 g/mol. The third-order valence-corrected chi connectivity index (χ3v) is 3.51. The molecule has 0 aliphatic heterocycles. The topological polar surface area (TPSA) is 63.6 Å². The van der Waals surface area contributed by atoms with Crippen LogP contribution in [-0.4, -0.2) is 22.6 Å². The predicted octanol–water partition coefficient (Wildman–Crippen LogP) is 1.63. The van der Waals surface area contributed by atoms with Crippen molar-refractivity contribution in [3.8, 4) is 0 Å². The molecular formula is C15H18O4. The second-order valence-corrected chi connectivity index (χ2v) is 5.60. The van der Waals surface area contributed by atoms with Crippen molar-refractivity contribution in [3.05, 3.63) is 35.4 Å². The molecule has 1 aromatic carbocycles. The van der Waals surface area contributed by atoms with E-state index in [-0.39, 0.29) is 5.78 Å². The van der Waals surface area contributed by atoms with Crippen LogP contribution in [0.4, 0.5) is 0 Å². The fourth-order valence-corrected chi connectivity index (χ4v) is 2.48. The summed E-state index contributed by atoms with van der Waals surface area (Å²) in [6, 6.07) is 7.60. The molecule has 0 saturated heterocycles. The third-order valence-electron chi connectivity index (χ3n) is 3.51. The molecule has 1 aromatic rings. The Morgan fingerprint density at radius 1 is 1.21 bits per heavy atom. The quantitative estimate of drug-likeness (QED) is 0.511. The molecule has 1 aliphatic rings. The highest BCUT2D eigenvalue weighted by molar-refractivity contribution is 6.04. The molecule has 0 fully saturated rings. The van der Waals surface area contributed by atoms with Crippen LogP contribution in [0.15, 0.2) is 24.3 Å². The number of ether oxygens (including phenoxy) is 1. The van der Waals surface area contributed by atoms with Crippen molar-refractivity contribution < 1.29 is 19.4 Å². The van der Waals surface area contributed by atoms with Crippen LogP contribution in [0, 0.1) is 5.41 Å². The second-order valence-electron chi connectivity index (χ2n) is 5.60. The van der Waals surface area contributed by atoms with Crippen LogP contribution in [0.3, 0.4) is 0 Å². The van der Waals surface area contributed by atoms with E-state index in [2.05, 4.69) is 0 Å². The molecule has 0 spiro atoms. The molecule has 102 valence electrons. The van der Waals surface area contributed by atoms with Crippen molar-refractivity contribution in [3.63, 3.8) is 0 Å². The van der Waals surface area contributed by atoms with Gasteiger partial charge in [-0.25, -0.2) is 0 Å². The summed E-state index contributed by atoms with van der Waals surface area (Å²) in [5, 5.41) is 9.61. The van der Waals surface area contributed by atoms with Crippen molar-refractivity contribution in [1.29, 1.82) is 0 Å². The zero-order chi connectivity index (χ0) is 14.3. The van der Waals surface area contributed by atoms with Crippen molar-refractivity contribution in [1.82, 2.24) is 0 Å². The monoisotopic (exact) mass is 262 g/mol. The van der Waals surface area contributed by atoms with Crippen molar-refractivity contribution in [2.24, 2.45) is 5.41 Å². The Labute approximate surface area is 112 Å². The summed E-state index contributed by atoms with van der Waals surface area (Å²) in [7, 11) is 0. The van der Waals surface area contributed by atoms with Gasteiger partial charge in [0.2, 0.25) is 5.79 Å². The molecule has 0 saturated carbocycles. The molecule has 0 radical (unpaired) electrons. The number of hydrogen-bond donors (Lipinski definition) is 1. The van der Waals surface area contributed by atoms with Gasteiger partial charge in [0.15, 0.2) is 0 Å². The molecule has 1 N–H and O–H groups in total. The zero-order valence-corrected chi connectivity index (χ0v) is 11.4. The maximum atomic E-state index is 12.3. The van der Waals surface area contributed by atoms with E-state index < -0.39 is 17.2 Å². The largest absolute Gasteiger partial charge is 0.433 e. The highest BCUT2D eigenvalue weighted by atomic mass is 16.7. The number of carbonyl (C=O) groups excluding carboxylic acids is 2. The normalized spacial score (nSPS) is 16.8. The SMILES string of the molecule is CC(=O)C1(C(=O)OC(C)(C)O)Cc2ccccc2C1. The predicted molar refractivity (Wildman–Crippen MR) is 69.4 cm³/mol. The van der Waals surface area contributed by atoms with Crippen molar-refractivity contribution in [2.75, 3.05) is 0 Å². The van der Waals surface area contributed by atoms with Gasteiger partial charge in [0.1, 0.15) is 11.2 Å². The number of hydrogen-bond acceptors (Lipinski definition) is 4. The molecule has 0 amide bonds. The van der Waals surface area contributed by atoms with E-state index >= 15 is 0 Å². The minimum atomic E-state index is -1.58. The zero-order valence-electron chi connectivity index (χ0n) is 11.4. The first-order chi connectivity index (χ1) is 8.74. The van der Waals surface area contributed by atoms with Gasteiger partial charge in [-0.15, -0.1) is 0 Å². The molecule has 4 nitrogen and oxygen atoms in total. The Kier molecular flexibility index (Phi) is 3.22. The lowest BCUT2D eigenvalue weighted by atomic mass is 9.81. The Bertz CT molecular complexity index is 500. The van der Waals surface area contributed by atoms with E-state index in [0.717, 1.165) is 11.1 Å². The first-order valence-corrected chi connectivity index (χ1v) is 6.28. The fourth-order valence-electron chi connectivity index (χ4n) is 2.48. The van der Waals surface area contributed by atoms with Crippen LogP contribution in [-0.2, 0) is 27.2 Å². The van der Waals surface area contributed by atoms with Crippen LogP contribution in [0.25, 0.3) is 0 Å². The molecule has 0 atom stereocenters. The van der Waals surface area contributed by atoms with Crippen LogP contribution in [0.2, 0.25) is 0 Å². The van der Waals surface area contributed by atoms with E-state index in [4.69, 9.17) is 4.74 Å². The lowest BCUT2D eigenvalue weighted by Gasteiger charge is -2.28. The fraction of sp³-hybridized carbons (Fsp3) is 0.467. The minimum Gasteiger partial charge on any atom is -0.433 e. The van der Waals surface area contributed by atoms with Crippen LogP contribution in [0.5, 0.6) is 0 Å². The number of benzene rings is 1. The maximum Gasteiger partial charge on any atom is 0.322 e. The number of aliphatic hydroxyl groups is 1. The van der Waals surface area contributed by atoms with Gasteiger partial charge < -0.3 is 9.84 Å². The van der Waals surface area contributed by atoms with Gasteiger partial charge in [-0.3, -0.25) is 9.59 Å². The Balaban J connectivity index is 2.33. The van der Waals surface area contributed by atoms with E-state index in [1.54, 1.807) is 0 Å². The number of carbonyl (C=O) groups is 2. The molecule has 0 aromatic heterocycles. The van der Waals surface area contributed by atoms with Gasteiger partial charge in [0.25, 0.3) is 0 Å². The van der Waals surface area contributed by atoms with E-state index in [1.165, 1.54) is 20.8 Å². The minimum absolute atomic E-state index is 0.224. The standard InChI is InChI=1S/C15H18O4/c1-10(16)15(13(17)19-14(2,3)18)8-11-6-4-5-7-12(11)9-15/h4-7,18H,8-9H2,1-3H3. The van der Waals surface area contributed by atoms with Gasteiger partial charge in [-0.1, -0.05) is 24.3 Å². The summed E-state index contributed by atoms with van der Waals surface area (Å²) in [5.74, 6) is -2.45. The summed E-state index contributed by atoms with van der Waals surface area (Å²) in [6.45, 7) is 4.15. The van der Waals surface area contributed by atoms with Gasteiger partial charge in [0, 0.05) is 13.8 Å². The van der Waals surface area contributed by atoms with E-state index in [9.17, 15) is 14.7 Å². The number of rotatable bonds is 3. The molecule has 19 heavy (non-hydrogen) atoms. The molecule has 0 unspecified atom stereocenters. The summed E-state index contributed by atoms with van der Waals surface area (Å²) >= 11 is 0. The maximum absolute atomic E-state index is 12.3. The van der Waals surface area contributed by atoms with E-state index in [0.29, 0.717) is 12.8 Å². The Morgan fingerprint density at radius 3 is 2.05 bits per heavy atom. The average molecular weight is 262 g/mol. The van der Waals surface area contributed by atoms with Crippen LogP contribution in [0.1, 0.15) is 31.9 Å².